The molecule has 1 rings (SSSR count). The van der Waals surface area contributed by atoms with Gasteiger partial charge in [0.05, 0.1) is 24.0 Å². The van der Waals surface area contributed by atoms with E-state index in [2.05, 4.69) is 12.1 Å². The summed E-state index contributed by atoms with van der Waals surface area (Å²) in [4.78, 5) is 0. The summed E-state index contributed by atoms with van der Waals surface area (Å²) >= 11 is 0. The molecule has 2 heteroatoms. The summed E-state index contributed by atoms with van der Waals surface area (Å²) in [6, 6.07) is 4.48. The molecule has 2 unspecified atom stereocenters. The molecule has 3 atom stereocenters. The Hall–Kier alpha value is -1.02. The van der Waals surface area contributed by atoms with E-state index in [0.717, 1.165) is 12.8 Å². The third kappa shape index (κ3) is 0.994. The van der Waals surface area contributed by atoms with Crippen molar-refractivity contribution >= 4 is 0 Å². The lowest BCUT2D eigenvalue weighted by Crippen LogP contribution is -2.41. The standard InChI is InChI=1S/C9H12N2/c1-7(5-10)9(2)4-3-8(9)6-11/h7-8H,3-4H2,1-2H3/t7-,8?,9?/m1/s1. The van der Waals surface area contributed by atoms with Gasteiger partial charge in [-0.3, -0.25) is 0 Å². The number of hydrogen-bond donors (Lipinski definition) is 0. The Labute approximate surface area is 67.4 Å². The summed E-state index contributed by atoms with van der Waals surface area (Å²) in [5, 5.41) is 17.4. The Kier molecular flexibility index (Phi) is 1.87. The number of hydrogen-bond acceptors (Lipinski definition) is 2. The van der Waals surface area contributed by atoms with Gasteiger partial charge in [0, 0.05) is 0 Å². The molecule has 1 fully saturated rings. The van der Waals surface area contributed by atoms with Gasteiger partial charge in [-0.05, 0) is 25.2 Å². The maximum Gasteiger partial charge on any atom is 0.0662 e. The van der Waals surface area contributed by atoms with E-state index in [-0.39, 0.29) is 17.3 Å². The van der Waals surface area contributed by atoms with Gasteiger partial charge in [0.25, 0.3) is 0 Å². The topological polar surface area (TPSA) is 47.6 Å². The monoisotopic (exact) mass is 148 g/mol. The van der Waals surface area contributed by atoms with E-state index in [1.807, 2.05) is 13.8 Å². The first kappa shape index (κ1) is 8.08. The van der Waals surface area contributed by atoms with E-state index < -0.39 is 0 Å². The molecule has 0 saturated heterocycles. The van der Waals surface area contributed by atoms with E-state index in [9.17, 15) is 0 Å². The molecule has 0 spiro atoms. The minimum Gasteiger partial charge on any atom is -0.198 e. The van der Waals surface area contributed by atoms with Crippen molar-refractivity contribution in [3.8, 4) is 12.1 Å². The molecule has 11 heavy (non-hydrogen) atoms. The molecule has 0 amide bonds. The van der Waals surface area contributed by atoms with Crippen LogP contribution < -0.4 is 0 Å². The highest BCUT2D eigenvalue weighted by atomic mass is 14.5. The number of nitriles is 2. The average molecular weight is 148 g/mol. The first-order chi connectivity index (χ1) is 5.15. The van der Waals surface area contributed by atoms with Gasteiger partial charge in [-0.2, -0.15) is 10.5 Å². The SMILES string of the molecule is C[C@H](C#N)C1(C)CCC1C#N. The van der Waals surface area contributed by atoms with Gasteiger partial charge in [-0.25, -0.2) is 0 Å². The second-order valence-corrected chi connectivity index (χ2v) is 3.58. The number of rotatable bonds is 1. The Morgan fingerprint density at radius 1 is 1.55 bits per heavy atom. The third-order valence-corrected chi connectivity index (χ3v) is 3.11. The Morgan fingerprint density at radius 2 is 2.18 bits per heavy atom. The molecule has 0 aromatic rings. The van der Waals surface area contributed by atoms with Gasteiger partial charge in [0.2, 0.25) is 0 Å². The highest BCUT2D eigenvalue weighted by molar-refractivity contribution is 5.09. The minimum absolute atomic E-state index is 0.0147. The zero-order chi connectivity index (χ0) is 8.48. The van der Waals surface area contributed by atoms with E-state index in [1.54, 1.807) is 0 Å². The first-order valence-electron chi connectivity index (χ1n) is 3.94. The average Bonchev–Trinajstić information content (AvgIpc) is 2.00. The zero-order valence-corrected chi connectivity index (χ0v) is 6.96. The second-order valence-electron chi connectivity index (χ2n) is 3.58. The molecule has 0 N–H and O–H groups in total. The van der Waals surface area contributed by atoms with Crippen LogP contribution in [0.1, 0.15) is 26.7 Å². The molecular formula is C9H12N2. The van der Waals surface area contributed by atoms with Crippen LogP contribution in [0.4, 0.5) is 0 Å². The maximum absolute atomic E-state index is 8.71. The molecule has 0 aromatic carbocycles. The van der Waals surface area contributed by atoms with Crippen molar-refractivity contribution in [2.24, 2.45) is 17.3 Å². The highest BCUT2D eigenvalue weighted by Crippen LogP contribution is 2.50. The van der Waals surface area contributed by atoms with Crippen molar-refractivity contribution in [1.29, 1.82) is 10.5 Å². The minimum atomic E-state index is -0.0243. The lowest BCUT2D eigenvalue weighted by molar-refractivity contribution is 0.0549. The highest BCUT2D eigenvalue weighted by Gasteiger charge is 2.46. The normalized spacial score (nSPS) is 38.0. The summed E-state index contributed by atoms with van der Waals surface area (Å²) in [6.07, 6.45) is 2.00. The quantitative estimate of drug-likeness (QED) is 0.571. The molecule has 1 aliphatic carbocycles. The molecule has 1 aliphatic rings. The third-order valence-electron chi connectivity index (χ3n) is 3.11. The van der Waals surface area contributed by atoms with Gasteiger partial charge in [-0.1, -0.05) is 6.92 Å². The predicted octanol–water partition coefficient (Wildman–Crippen LogP) is 2.09. The molecule has 0 aliphatic heterocycles. The fraction of sp³-hybridized carbons (Fsp3) is 0.778. The Morgan fingerprint density at radius 3 is 2.45 bits per heavy atom. The van der Waals surface area contributed by atoms with Crippen molar-refractivity contribution in [1.82, 2.24) is 0 Å². The summed E-state index contributed by atoms with van der Waals surface area (Å²) in [6.45, 7) is 3.95. The molecular weight excluding hydrogens is 136 g/mol. The summed E-state index contributed by atoms with van der Waals surface area (Å²) in [5.74, 6) is 0.123. The fourth-order valence-electron chi connectivity index (χ4n) is 1.62. The smallest absolute Gasteiger partial charge is 0.0662 e. The molecule has 0 bridgehead atoms. The van der Waals surface area contributed by atoms with Crippen molar-refractivity contribution < 1.29 is 0 Å². The van der Waals surface area contributed by atoms with E-state index in [0.29, 0.717) is 0 Å². The largest absolute Gasteiger partial charge is 0.198 e. The Balaban J connectivity index is 2.71. The lowest BCUT2D eigenvalue weighted by atomic mass is 9.56. The molecule has 2 nitrogen and oxygen atoms in total. The van der Waals surface area contributed by atoms with Crippen molar-refractivity contribution in [3.05, 3.63) is 0 Å². The number of nitrogens with zero attached hydrogens (tertiary/aromatic N) is 2. The van der Waals surface area contributed by atoms with Gasteiger partial charge in [-0.15, -0.1) is 0 Å². The maximum atomic E-state index is 8.71. The molecule has 0 radical (unpaired) electrons. The van der Waals surface area contributed by atoms with Gasteiger partial charge in [0.1, 0.15) is 0 Å². The van der Waals surface area contributed by atoms with E-state index in [1.165, 1.54) is 0 Å². The summed E-state index contributed by atoms with van der Waals surface area (Å²) in [5.41, 5.74) is -0.0243. The van der Waals surface area contributed by atoms with Gasteiger partial charge >= 0.3 is 0 Å². The molecule has 58 valence electrons. The molecule has 0 heterocycles. The van der Waals surface area contributed by atoms with E-state index >= 15 is 0 Å². The Bertz CT molecular complexity index is 215. The van der Waals surface area contributed by atoms with Crippen LogP contribution in [0.3, 0.4) is 0 Å². The molecule has 0 aromatic heterocycles. The van der Waals surface area contributed by atoms with Crippen LogP contribution in [0.5, 0.6) is 0 Å². The lowest BCUT2D eigenvalue weighted by Gasteiger charge is -2.45. The summed E-state index contributed by atoms with van der Waals surface area (Å²) < 4.78 is 0. The van der Waals surface area contributed by atoms with Gasteiger partial charge < -0.3 is 0 Å². The van der Waals surface area contributed by atoms with E-state index in [4.69, 9.17) is 10.5 Å². The first-order valence-corrected chi connectivity index (χ1v) is 3.94. The van der Waals surface area contributed by atoms with Crippen LogP contribution in [0.15, 0.2) is 0 Å². The van der Waals surface area contributed by atoms with Crippen molar-refractivity contribution in [2.75, 3.05) is 0 Å². The van der Waals surface area contributed by atoms with Crippen LogP contribution in [0.2, 0.25) is 0 Å². The van der Waals surface area contributed by atoms with Crippen LogP contribution in [-0.4, -0.2) is 0 Å². The molecule has 1 saturated carbocycles. The van der Waals surface area contributed by atoms with Crippen LogP contribution in [0.25, 0.3) is 0 Å². The predicted molar refractivity (Wildman–Crippen MR) is 41.2 cm³/mol. The van der Waals surface area contributed by atoms with Gasteiger partial charge in [0.15, 0.2) is 0 Å². The zero-order valence-electron chi connectivity index (χ0n) is 6.96. The van der Waals surface area contributed by atoms with Crippen LogP contribution in [0, 0.1) is 39.9 Å². The second kappa shape index (κ2) is 2.55. The van der Waals surface area contributed by atoms with Crippen molar-refractivity contribution in [3.63, 3.8) is 0 Å². The summed E-state index contributed by atoms with van der Waals surface area (Å²) in [7, 11) is 0. The van der Waals surface area contributed by atoms with Crippen LogP contribution in [-0.2, 0) is 0 Å². The fourth-order valence-corrected chi connectivity index (χ4v) is 1.62. The van der Waals surface area contributed by atoms with Crippen LogP contribution >= 0.6 is 0 Å². The van der Waals surface area contributed by atoms with Crippen molar-refractivity contribution in [2.45, 2.75) is 26.7 Å².